The number of rotatable bonds is 2. The minimum absolute atomic E-state index is 0.333. The van der Waals surface area contributed by atoms with Gasteiger partial charge in [0, 0.05) is 18.5 Å². The van der Waals surface area contributed by atoms with Gasteiger partial charge < -0.3 is 10.0 Å². The van der Waals surface area contributed by atoms with Crippen LogP contribution in [0.4, 0.5) is 5.82 Å². The molecule has 98 valence electrons. The van der Waals surface area contributed by atoms with Crippen LogP contribution in [0.2, 0.25) is 0 Å². The zero-order chi connectivity index (χ0) is 13.4. The molecule has 0 radical (unpaired) electrons. The Kier molecular flexibility index (Phi) is 2.85. The van der Waals surface area contributed by atoms with E-state index in [2.05, 4.69) is 16.8 Å². The van der Waals surface area contributed by atoms with Crippen molar-refractivity contribution in [3.8, 4) is 0 Å². The molecule has 2 heterocycles. The number of pyridine rings is 1. The summed E-state index contributed by atoms with van der Waals surface area (Å²) in [6.45, 7) is 4.11. The molecular weight excluding hydrogens is 240 g/mol. The van der Waals surface area contributed by atoms with Gasteiger partial charge >= 0.3 is 5.97 Å². The average molecular weight is 256 g/mol. The molecule has 4 heteroatoms. The number of para-hydroxylation sites is 1. The van der Waals surface area contributed by atoms with Gasteiger partial charge in [0.1, 0.15) is 5.82 Å². The van der Waals surface area contributed by atoms with Gasteiger partial charge in [-0.05, 0) is 24.5 Å². The average Bonchev–Trinajstić information content (AvgIpc) is 2.84. The number of aromatic carboxylic acids is 1. The van der Waals surface area contributed by atoms with E-state index in [1.807, 2.05) is 24.3 Å². The highest BCUT2D eigenvalue weighted by Gasteiger charge is 2.22. The lowest BCUT2D eigenvalue weighted by Gasteiger charge is -2.18. The maximum Gasteiger partial charge on any atom is 0.336 e. The van der Waals surface area contributed by atoms with Crippen LogP contribution < -0.4 is 4.90 Å². The first-order chi connectivity index (χ1) is 9.15. The number of anilines is 1. The molecule has 1 aliphatic rings. The summed E-state index contributed by atoms with van der Waals surface area (Å²) in [5.74, 6) is 0.522. The van der Waals surface area contributed by atoms with Crippen LogP contribution in [0.5, 0.6) is 0 Å². The third-order valence-corrected chi connectivity index (χ3v) is 3.68. The summed E-state index contributed by atoms with van der Waals surface area (Å²) >= 11 is 0. The first-order valence-corrected chi connectivity index (χ1v) is 6.53. The second-order valence-electron chi connectivity index (χ2n) is 5.19. The molecule has 1 aromatic heterocycles. The van der Waals surface area contributed by atoms with E-state index in [-0.39, 0.29) is 0 Å². The minimum atomic E-state index is -0.896. The quantitative estimate of drug-likeness (QED) is 0.897. The molecule has 1 aliphatic heterocycles. The van der Waals surface area contributed by atoms with Gasteiger partial charge in [-0.3, -0.25) is 0 Å². The van der Waals surface area contributed by atoms with E-state index < -0.39 is 5.97 Å². The fourth-order valence-electron chi connectivity index (χ4n) is 2.64. The van der Waals surface area contributed by atoms with Crippen LogP contribution in [-0.2, 0) is 0 Å². The van der Waals surface area contributed by atoms with Gasteiger partial charge in [-0.25, -0.2) is 9.78 Å². The van der Waals surface area contributed by atoms with Gasteiger partial charge in [-0.15, -0.1) is 0 Å². The Balaban J connectivity index is 2.13. The summed E-state index contributed by atoms with van der Waals surface area (Å²) in [7, 11) is 0. The van der Waals surface area contributed by atoms with E-state index in [9.17, 15) is 9.90 Å². The fraction of sp³-hybridized carbons (Fsp3) is 0.333. The van der Waals surface area contributed by atoms with Crippen LogP contribution in [0.25, 0.3) is 10.9 Å². The number of fused-ring (bicyclic) bond motifs is 1. The summed E-state index contributed by atoms with van der Waals surface area (Å²) in [6, 6.07) is 9.10. The predicted molar refractivity (Wildman–Crippen MR) is 74.7 cm³/mol. The van der Waals surface area contributed by atoms with Crippen LogP contribution in [0.3, 0.4) is 0 Å². The molecule has 0 spiro atoms. The highest BCUT2D eigenvalue weighted by atomic mass is 16.4. The van der Waals surface area contributed by atoms with Crippen LogP contribution in [-0.4, -0.2) is 29.1 Å². The maximum absolute atomic E-state index is 11.4. The first-order valence-electron chi connectivity index (χ1n) is 6.53. The molecule has 0 bridgehead atoms. The van der Waals surface area contributed by atoms with Gasteiger partial charge in [-0.1, -0.05) is 25.1 Å². The zero-order valence-electron chi connectivity index (χ0n) is 10.8. The Morgan fingerprint density at radius 2 is 2.21 bits per heavy atom. The van der Waals surface area contributed by atoms with Gasteiger partial charge in [0.05, 0.1) is 11.1 Å². The van der Waals surface area contributed by atoms with E-state index in [0.29, 0.717) is 16.9 Å². The third-order valence-electron chi connectivity index (χ3n) is 3.68. The Bertz CT molecular complexity index is 639. The number of aromatic nitrogens is 1. The molecule has 2 aromatic rings. The van der Waals surface area contributed by atoms with E-state index in [0.717, 1.165) is 30.8 Å². The summed E-state index contributed by atoms with van der Waals surface area (Å²) in [6.07, 6.45) is 1.14. The van der Waals surface area contributed by atoms with E-state index >= 15 is 0 Å². The molecule has 1 unspecified atom stereocenters. The smallest absolute Gasteiger partial charge is 0.336 e. The van der Waals surface area contributed by atoms with Crippen molar-refractivity contribution in [3.05, 3.63) is 35.9 Å². The van der Waals surface area contributed by atoms with E-state index in [4.69, 9.17) is 0 Å². The molecular formula is C15H16N2O2. The molecule has 4 nitrogen and oxygen atoms in total. The van der Waals surface area contributed by atoms with E-state index in [1.54, 1.807) is 6.07 Å². The molecule has 0 aliphatic carbocycles. The van der Waals surface area contributed by atoms with Crippen molar-refractivity contribution in [3.63, 3.8) is 0 Å². The molecule has 0 saturated carbocycles. The number of hydrogen-bond donors (Lipinski definition) is 1. The molecule has 1 atom stereocenters. The van der Waals surface area contributed by atoms with Crippen LogP contribution in [0.15, 0.2) is 30.3 Å². The predicted octanol–water partition coefficient (Wildman–Crippen LogP) is 2.78. The van der Waals surface area contributed by atoms with Crippen molar-refractivity contribution < 1.29 is 9.90 Å². The highest BCUT2D eigenvalue weighted by Crippen LogP contribution is 2.26. The van der Waals surface area contributed by atoms with Crippen LogP contribution >= 0.6 is 0 Å². The van der Waals surface area contributed by atoms with Crippen molar-refractivity contribution in [2.45, 2.75) is 13.3 Å². The van der Waals surface area contributed by atoms with Crippen molar-refractivity contribution in [1.29, 1.82) is 0 Å². The number of carboxylic acids is 1. The molecule has 1 fully saturated rings. The van der Waals surface area contributed by atoms with Crippen LogP contribution in [0.1, 0.15) is 23.7 Å². The Morgan fingerprint density at radius 1 is 1.42 bits per heavy atom. The van der Waals surface area contributed by atoms with E-state index in [1.165, 1.54) is 0 Å². The summed E-state index contributed by atoms with van der Waals surface area (Å²) < 4.78 is 0. The molecule has 3 rings (SSSR count). The Hall–Kier alpha value is -2.10. The molecule has 1 saturated heterocycles. The van der Waals surface area contributed by atoms with Gasteiger partial charge in [0.25, 0.3) is 0 Å². The second kappa shape index (κ2) is 4.53. The molecule has 19 heavy (non-hydrogen) atoms. The lowest BCUT2D eigenvalue weighted by molar-refractivity contribution is 0.0699. The van der Waals surface area contributed by atoms with Gasteiger partial charge in [-0.2, -0.15) is 0 Å². The van der Waals surface area contributed by atoms with Gasteiger partial charge in [0.2, 0.25) is 0 Å². The van der Waals surface area contributed by atoms with Gasteiger partial charge in [0.15, 0.2) is 0 Å². The normalized spacial score (nSPS) is 19.0. The third kappa shape index (κ3) is 2.14. The molecule has 1 aromatic carbocycles. The summed E-state index contributed by atoms with van der Waals surface area (Å²) in [5, 5.41) is 10.1. The lowest BCUT2D eigenvalue weighted by Crippen LogP contribution is -2.21. The second-order valence-corrected chi connectivity index (χ2v) is 5.19. The van der Waals surface area contributed by atoms with Crippen molar-refractivity contribution >= 4 is 22.7 Å². The zero-order valence-corrected chi connectivity index (χ0v) is 10.8. The number of hydrogen-bond acceptors (Lipinski definition) is 3. The van der Waals surface area contributed by atoms with Crippen LogP contribution in [0, 0.1) is 5.92 Å². The number of nitrogens with zero attached hydrogens (tertiary/aromatic N) is 2. The van der Waals surface area contributed by atoms with Crippen molar-refractivity contribution in [2.75, 3.05) is 18.0 Å². The summed E-state index contributed by atoms with van der Waals surface area (Å²) in [4.78, 5) is 18.2. The maximum atomic E-state index is 11.4. The van der Waals surface area contributed by atoms with Crippen molar-refractivity contribution in [2.24, 2.45) is 5.92 Å². The fourth-order valence-corrected chi connectivity index (χ4v) is 2.64. The van der Waals surface area contributed by atoms with Crippen molar-refractivity contribution in [1.82, 2.24) is 4.98 Å². The SMILES string of the molecule is CC1CCN(c2cc(C(=O)O)c3ccccc3n2)C1. The molecule has 1 N–H and O–H groups in total. The topological polar surface area (TPSA) is 53.4 Å². The minimum Gasteiger partial charge on any atom is -0.478 e. The highest BCUT2D eigenvalue weighted by molar-refractivity contribution is 6.03. The lowest BCUT2D eigenvalue weighted by atomic mass is 10.1. The standard InChI is InChI=1S/C15H16N2O2/c1-10-6-7-17(9-10)14-8-12(15(18)19)11-4-2-3-5-13(11)16-14/h2-5,8,10H,6-7,9H2,1H3,(H,18,19). The Morgan fingerprint density at radius 3 is 2.89 bits per heavy atom. The monoisotopic (exact) mass is 256 g/mol. The number of benzene rings is 1. The Labute approximate surface area is 111 Å². The summed E-state index contributed by atoms with van der Waals surface area (Å²) in [5.41, 5.74) is 1.08. The number of carbonyl (C=O) groups is 1. The first kappa shape index (κ1) is 12.0. The molecule has 0 amide bonds. The number of carboxylic acid groups (broad SMARTS) is 1. The largest absolute Gasteiger partial charge is 0.478 e.